The minimum atomic E-state index is 0.0607. The van der Waals surface area contributed by atoms with Crippen molar-refractivity contribution in [1.29, 1.82) is 0 Å². The SMILES string of the molecule is c1ccc(-c2ccc3c(c2)c2cc(-c4cc5c6c(c4)c4cc(-c7ccccc7)cc7c8ccc9c(c8n6c47)C54CCC9CC4)ccc2n3-c2ccccc2)cc1. The third-order valence-corrected chi connectivity index (χ3v) is 14.3. The van der Waals surface area contributed by atoms with Crippen LogP contribution in [0.25, 0.3) is 99.0 Å². The first-order valence-electron chi connectivity index (χ1n) is 20.3. The Kier molecular flexibility index (Phi) is 5.49. The van der Waals surface area contributed by atoms with E-state index in [1.165, 1.54) is 125 Å². The Morgan fingerprint density at radius 1 is 0.411 bits per heavy atom. The summed E-state index contributed by atoms with van der Waals surface area (Å²) >= 11 is 0. The van der Waals surface area contributed by atoms with E-state index in [0.717, 1.165) is 0 Å². The Balaban J connectivity index is 1.09. The van der Waals surface area contributed by atoms with Crippen LogP contribution < -0.4 is 0 Å². The molecule has 262 valence electrons. The van der Waals surface area contributed by atoms with Crippen molar-refractivity contribution < 1.29 is 0 Å². The third kappa shape index (κ3) is 3.59. The van der Waals surface area contributed by atoms with E-state index in [-0.39, 0.29) is 5.41 Å². The predicted molar refractivity (Wildman–Crippen MR) is 234 cm³/mol. The van der Waals surface area contributed by atoms with Crippen molar-refractivity contribution in [2.75, 3.05) is 0 Å². The van der Waals surface area contributed by atoms with Gasteiger partial charge in [-0.1, -0.05) is 103 Å². The summed E-state index contributed by atoms with van der Waals surface area (Å²) in [4.78, 5) is 0. The lowest BCUT2D eigenvalue weighted by Crippen LogP contribution is -2.40. The van der Waals surface area contributed by atoms with Crippen LogP contribution in [0, 0.1) is 0 Å². The van der Waals surface area contributed by atoms with E-state index < -0.39 is 0 Å². The second kappa shape index (κ2) is 10.4. The Morgan fingerprint density at radius 3 is 1.61 bits per heavy atom. The van der Waals surface area contributed by atoms with Crippen LogP contribution in [-0.4, -0.2) is 8.97 Å². The maximum atomic E-state index is 2.70. The van der Waals surface area contributed by atoms with Gasteiger partial charge in [-0.2, -0.15) is 0 Å². The van der Waals surface area contributed by atoms with E-state index >= 15 is 0 Å². The molecule has 3 aliphatic carbocycles. The molecule has 0 saturated heterocycles. The highest BCUT2D eigenvalue weighted by Crippen LogP contribution is 2.63. The van der Waals surface area contributed by atoms with Gasteiger partial charge < -0.3 is 8.97 Å². The third-order valence-electron chi connectivity index (χ3n) is 14.3. The zero-order valence-corrected chi connectivity index (χ0v) is 30.9. The lowest BCUT2D eigenvalue weighted by Gasteiger charge is -2.50. The summed E-state index contributed by atoms with van der Waals surface area (Å²) in [7, 11) is 0. The Morgan fingerprint density at radius 2 is 0.946 bits per heavy atom. The zero-order valence-electron chi connectivity index (χ0n) is 30.9. The molecule has 1 aliphatic heterocycles. The molecule has 1 fully saturated rings. The van der Waals surface area contributed by atoms with Crippen molar-refractivity contribution >= 4 is 59.9 Å². The molecule has 11 aromatic rings. The van der Waals surface area contributed by atoms with Crippen molar-refractivity contribution in [3.05, 3.63) is 180 Å². The van der Waals surface area contributed by atoms with Crippen LogP contribution in [-0.2, 0) is 5.41 Å². The number of hydrogen-bond donors (Lipinski definition) is 0. The zero-order chi connectivity index (χ0) is 36.3. The Labute approximate surface area is 324 Å². The molecule has 56 heavy (non-hydrogen) atoms. The fourth-order valence-corrected chi connectivity index (χ4v) is 11.9. The predicted octanol–water partition coefficient (Wildman–Crippen LogP) is 14.2. The highest BCUT2D eigenvalue weighted by atomic mass is 15.0. The largest absolute Gasteiger partial charge is 0.309 e. The number of fused-ring (bicyclic) bond motifs is 7. The molecular formula is C54H36N2. The summed E-state index contributed by atoms with van der Waals surface area (Å²) in [5.74, 6) is 0.678. The van der Waals surface area contributed by atoms with Crippen molar-refractivity contribution in [3.63, 3.8) is 0 Å². The van der Waals surface area contributed by atoms with Gasteiger partial charge in [-0.15, -0.1) is 0 Å². The molecule has 2 bridgehead atoms. The van der Waals surface area contributed by atoms with E-state index in [2.05, 4.69) is 173 Å². The molecule has 0 unspecified atom stereocenters. The smallest absolute Gasteiger partial charge is 0.0621 e. The van der Waals surface area contributed by atoms with E-state index in [4.69, 9.17) is 0 Å². The number of benzene rings is 8. The second-order valence-electron chi connectivity index (χ2n) is 16.8. The number of para-hydroxylation sites is 1. The number of rotatable bonds is 4. The van der Waals surface area contributed by atoms with Crippen LogP contribution in [0.2, 0.25) is 0 Å². The summed E-state index contributed by atoms with van der Waals surface area (Å²) in [5.41, 5.74) is 20.5. The van der Waals surface area contributed by atoms with Gasteiger partial charge in [0, 0.05) is 43.4 Å². The van der Waals surface area contributed by atoms with Gasteiger partial charge in [-0.3, -0.25) is 0 Å². The molecule has 1 saturated carbocycles. The maximum absolute atomic E-state index is 2.70. The first-order chi connectivity index (χ1) is 27.7. The van der Waals surface area contributed by atoms with Crippen molar-refractivity contribution in [2.45, 2.75) is 37.0 Å². The van der Waals surface area contributed by atoms with E-state index in [1.807, 2.05) is 0 Å². The minimum Gasteiger partial charge on any atom is -0.309 e. The average Bonchev–Trinajstić information content (AvgIpc) is 3.91. The highest BCUT2D eigenvalue weighted by Gasteiger charge is 2.50. The molecule has 2 nitrogen and oxygen atoms in total. The molecule has 3 aromatic heterocycles. The molecule has 15 rings (SSSR count). The fraction of sp³-hybridized carbons (Fsp3) is 0.111. The average molecular weight is 713 g/mol. The molecule has 0 atom stereocenters. The molecule has 1 spiro atoms. The van der Waals surface area contributed by atoms with E-state index in [0.29, 0.717) is 5.92 Å². The standard InChI is InChI=1S/C54H36N2/c1-4-10-32(11-5-1)35-16-20-48-42(26-35)43-27-36(17-21-49(43)55(48)39-14-8-3-9-15-39)38-30-46-45-29-37(33-12-6-2-7-13-33)28-44-41-19-18-40-34-22-24-54(25-23-34)47(31-38)52(46)56(51(44)45)53(41)50(40)54/h1-21,26-31,34H,22-25H2. The van der Waals surface area contributed by atoms with Crippen LogP contribution in [0.4, 0.5) is 0 Å². The summed E-state index contributed by atoms with van der Waals surface area (Å²) in [6.45, 7) is 0. The molecule has 2 heteroatoms. The molecule has 0 N–H and O–H groups in total. The van der Waals surface area contributed by atoms with Crippen LogP contribution in [0.15, 0.2) is 164 Å². The molecular weight excluding hydrogens is 677 g/mol. The lowest BCUT2D eigenvalue weighted by molar-refractivity contribution is 0.281. The van der Waals surface area contributed by atoms with E-state index in [1.54, 1.807) is 16.7 Å². The number of hydrogen-bond acceptors (Lipinski definition) is 0. The highest BCUT2D eigenvalue weighted by molar-refractivity contribution is 6.27. The van der Waals surface area contributed by atoms with Crippen molar-refractivity contribution in [3.8, 4) is 39.1 Å². The van der Waals surface area contributed by atoms with E-state index in [9.17, 15) is 0 Å². The lowest BCUT2D eigenvalue weighted by atomic mass is 9.54. The fourth-order valence-electron chi connectivity index (χ4n) is 11.9. The molecule has 4 aliphatic rings. The van der Waals surface area contributed by atoms with Gasteiger partial charge in [0.05, 0.1) is 27.6 Å². The summed E-state index contributed by atoms with van der Waals surface area (Å²) in [6, 6.07) is 62.0. The van der Waals surface area contributed by atoms with Crippen LogP contribution in [0.5, 0.6) is 0 Å². The van der Waals surface area contributed by atoms with Crippen LogP contribution >= 0.6 is 0 Å². The molecule has 0 amide bonds. The molecule has 8 aromatic carbocycles. The summed E-state index contributed by atoms with van der Waals surface area (Å²) < 4.78 is 5.15. The van der Waals surface area contributed by atoms with Gasteiger partial charge in [0.1, 0.15) is 0 Å². The van der Waals surface area contributed by atoms with Gasteiger partial charge in [0.2, 0.25) is 0 Å². The van der Waals surface area contributed by atoms with Gasteiger partial charge >= 0.3 is 0 Å². The molecule has 4 heterocycles. The Hall–Kier alpha value is -6.64. The van der Waals surface area contributed by atoms with Crippen molar-refractivity contribution in [2.24, 2.45) is 0 Å². The number of aromatic nitrogens is 2. The minimum absolute atomic E-state index is 0.0607. The van der Waals surface area contributed by atoms with Gasteiger partial charge in [-0.25, -0.2) is 0 Å². The quantitative estimate of drug-likeness (QED) is 0.172. The second-order valence-corrected chi connectivity index (χ2v) is 16.8. The van der Waals surface area contributed by atoms with Gasteiger partial charge in [-0.05, 0) is 142 Å². The maximum Gasteiger partial charge on any atom is 0.0621 e. The Bertz CT molecular complexity index is 3450. The topological polar surface area (TPSA) is 9.34 Å². The first kappa shape index (κ1) is 29.7. The van der Waals surface area contributed by atoms with Crippen LogP contribution in [0.3, 0.4) is 0 Å². The van der Waals surface area contributed by atoms with Gasteiger partial charge in [0.25, 0.3) is 0 Å². The summed E-state index contributed by atoms with van der Waals surface area (Å²) in [6.07, 6.45) is 5.05. The normalized spacial score (nSPS) is 18.3. The monoisotopic (exact) mass is 712 g/mol. The molecule has 0 radical (unpaired) electrons. The summed E-state index contributed by atoms with van der Waals surface area (Å²) in [5, 5.41) is 8.18. The first-order valence-corrected chi connectivity index (χ1v) is 20.3. The number of nitrogens with zero attached hydrogens (tertiary/aromatic N) is 2. The van der Waals surface area contributed by atoms with Crippen LogP contribution in [0.1, 0.15) is 48.3 Å². The van der Waals surface area contributed by atoms with Gasteiger partial charge in [0.15, 0.2) is 0 Å². The van der Waals surface area contributed by atoms with Crippen molar-refractivity contribution in [1.82, 2.24) is 8.97 Å².